The molecule has 3 heteroatoms. The van der Waals surface area contributed by atoms with Crippen molar-refractivity contribution >= 4 is 5.78 Å². The molecular weight excluding hydrogens is 224 g/mol. The summed E-state index contributed by atoms with van der Waals surface area (Å²) in [6, 6.07) is 0.542. The number of nitrogens with zero attached hydrogens (tertiary/aromatic N) is 2. The zero-order valence-electron chi connectivity index (χ0n) is 11.6. The van der Waals surface area contributed by atoms with Crippen molar-refractivity contribution in [2.75, 3.05) is 27.2 Å². The number of carbonyl (C=O) groups is 1. The average Bonchev–Trinajstić information content (AvgIpc) is 2.31. The topological polar surface area (TPSA) is 23.6 Å². The van der Waals surface area contributed by atoms with E-state index in [0.29, 0.717) is 17.7 Å². The van der Waals surface area contributed by atoms with E-state index in [4.69, 9.17) is 0 Å². The summed E-state index contributed by atoms with van der Waals surface area (Å²) in [5.74, 6) is 0.913. The predicted molar refractivity (Wildman–Crippen MR) is 74.3 cm³/mol. The number of hydrogen-bond donors (Lipinski definition) is 0. The largest absolute Gasteiger partial charge is 0.383 e. The first-order chi connectivity index (χ1) is 8.61. The zero-order chi connectivity index (χ0) is 13.1. The van der Waals surface area contributed by atoms with E-state index < -0.39 is 0 Å². The second-order valence-corrected chi connectivity index (χ2v) is 5.70. The van der Waals surface area contributed by atoms with Gasteiger partial charge in [-0.1, -0.05) is 6.08 Å². The molecule has 0 bridgehead atoms. The Bertz CT molecular complexity index is 354. The Labute approximate surface area is 110 Å². The van der Waals surface area contributed by atoms with Gasteiger partial charge < -0.3 is 4.90 Å². The smallest absolute Gasteiger partial charge is 0.160 e. The van der Waals surface area contributed by atoms with Gasteiger partial charge in [0.25, 0.3) is 0 Å². The number of likely N-dealkylation sites (tertiary alicyclic amines) is 1. The Morgan fingerprint density at radius 2 is 2.22 bits per heavy atom. The SMILES string of the molecule is C=CCN1CCCC2CC(=O)C(=CN(C)C)CC21. The quantitative estimate of drug-likeness (QED) is 0.564. The minimum Gasteiger partial charge on any atom is -0.383 e. The molecule has 0 radical (unpaired) electrons. The van der Waals surface area contributed by atoms with Gasteiger partial charge in [0.15, 0.2) is 5.78 Å². The van der Waals surface area contributed by atoms with Gasteiger partial charge >= 0.3 is 0 Å². The number of carbonyl (C=O) groups excluding carboxylic acids is 1. The molecule has 1 saturated carbocycles. The minimum atomic E-state index is 0.352. The fourth-order valence-electron chi connectivity index (χ4n) is 3.28. The Morgan fingerprint density at radius 1 is 1.44 bits per heavy atom. The van der Waals surface area contributed by atoms with Crippen LogP contribution in [0.2, 0.25) is 0 Å². The van der Waals surface area contributed by atoms with E-state index in [1.54, 1.807) is 0 Å². The van der Waals surface area contributed by atoms with Gasteiger partial charge in [-0.2, -0.15) is 0 Å². The lowest BCUT2D eigenvalue weighted by Crippen LogP contribution is -2.48. The van der Waals surface area contributed by atoms with Crippen molar-refractivity contribution in [3.8, 4) is 0 Å². The fraction of sp³-hybridized carbons (Fsp3) is 0.667. The van der Waals surface area contributed by atoms with Crippen molar-refractivity contribution < 1.29 is 4.79 Å². The van der Waals surface area contributed by atoms with E-state index in [9.17, 15) is 4.79 Å². The number of ketones is 1. The molecule has 0 aromatic rings. The molecular formula is C15H24N2O. The molecule has 100 valence electrons. The molecule has 1 heterocycles. The van der Waals surface area contributed by atoms with Crippen molar-refractivity contribution in [3.05, 3.63) is 24.4 Å². The van der Waals surface area contributed by atoms with Gasteiger partial charge in [0.05, 0.1) is 0 Å². The molecule has 0 aromatic carbocycles. The summed E-state index contributed by atoms with van der Waals surface area (Å²) in [6.07, 6.45) is 8.05. The van der Waals surface area contributed by atoms with E-state index in [0.717, 1.165) is 31.5 Å². The maximum absolute atomic E-state index is 12.1. The van der Waals surface area contributed by atoms with Crippen LogP contribution in [0.5, 0.6) is 0 Å². The molecule has 3 nitrogen and oxygen atoms in total. The number of Topliss-reactive ketones (excluding diaryl/α,β-unsaturated/α-hetero) is 1. The molecule has 2 aliphatic rings. The summed E-state index contributed by atoms with van der Waals surface area (Å²) in [6.45, 7) is 5.94. The van der Waals surface area contributed by atoms with Crippen LogP contribution in [-0.4, -0.2) is 48.8 Å². The Hall–Kier alpha value is -1.09. The van der Waals surface area contributed by atoms with Crippen molar-refractivity contribution in [1.82, 2.24) is 9.80 Å². The number of piperidine rings is 1. The monoisotopic (exact) mass is 248 g/mol. The van der Waals surface area contributed by atoms with Gasteiger partial charge in [-0.15, -0.1) is 6.58 Å². The van der Waals surface area contributed by atoms with E-state index >= 15 is 0 Å². The molecule has 0 aromatic heterocycles. The lowest BCUT2D eigenvalue weighted by molar-refractivity contribution is -0.119. The molecule has 0 spiro atoms. The highest BCUT2D eigenvalue weighted by Gasteiger charge is 2.37. The van der Waals surface area contributed by atoms with Crippen molar-refractivity contribution in [2.45, 2.75) is 31.7 Å². The van der Waals surface area contributed by atoms with Crippen LogP contribution in [0.15, 0.2) is 24.4 Å². The van der Waals surface area contributed by atoms with Gasteiger partial charge in [0, 0.05) is 44.9 Å². The molecule has 2 fully saturated rings. The molecule has 1 saturated heterocycles. The summed E-state index contributed by atoms with van der Waals surface area (Å²) >= 11 is 0. The highest BCUT2D eigenvalue weighted by atomic mass is 16.1. The van der Waals surface area contributed by atoms with Crippen LogP contribution in [0.3, 0.4) is 0 Å². The first-order valence-corrected chi connectivity index (χ1v) is 6.87. The molecule has 1 aliphatic carbocycles. The lowest BCUT2D eigenvalue weighted by Gasteiger charge is -2.44. The highest BCUT2D eigenvalue weighted by Crippen LogP contribution is 2.36. The van der Waals surface area contributed by atoms with Gasteiger partial charge in [-0.25, -0.2) is 0 Å². The summed E-state index contributed by atoms with van der Waals surface area (Å²) in [5, 5.41) is 0. The van der Waals surface area contributed by atoms with Crippen LogP contribution in [-0.2, 0) is 4.79 Å². The normalized spacial score (nSPS) is 31.2. The van der Waals surface area contributed by atoms with E-state index in [1.807, 2.05) is 31.3 Å². The first-order valence-electron chi connectivity index (χ1n) is 6.87. The maximum Gasteiger partial charge on any atom is 0.160 e. The molecule has 2 rings (SSSR count). The first kappa shape index (κ1) is 13.3. The molecule has 2 unspecified atom stereocenters. The third-order valence-corrected chi connectivity index (χ3v) is 4.05. The molecule has 2 atom stereocenters. The molecule has 1 aliphatic heterocycles. The van der Waals surface area contributed by atoms with Gasteiger partial charge in [-0.3, -0.25) is 9.69 Å². The van der Waals surface area contributed by atoms with Crippen LogP contribution in [0.25, 0.3) is 0 Å². The average molecular weight is 248 g/mol. The zero-order valence-corrected chi connectivity index (χ0v) is 11.6. The standard InChI is InChI=1S/C15H24N2O/c1-4-7-17-8-5-6-12-10-15(18)13(9-14(12)17)11-16(2)3/h4,11-12,14H,1,5-10H2,2-3H3. The van der Waals surface area contributed by atoms with Gasteiger partial charge in [0.2, 0.25) is 0 Å². The maximum atomic E-state index is 12.1. The van der Waals surface area contributed by atoms with E-state index in [1.165, 1.54) is 12.8 Å². The lowest BCUT2D eigenvalue weighted by atomic mass is 9.75. The molecule has 0 N–H and O–H groups in total. The second-order valence-electron chi connectivity index (χ2n) is 5.70. The number of hydrogen-bond acceptors (Lipinski definition) is 3. The predicted octanol–water partition coefficient (Wildman–Crippen LogP) is 2.06. The minimum absolute atomic E-state index is 0.352. The van der Waals surface area contributed by atoms with Crippen molar-refractivity contribution in [3.63, 3.8) is 0 Å². The Morgan fingerprint density at radius 3 is 2.89 bits per heavy atom. The van der Waals surface area contributed by atoms with Crippen molar-refractivity contribution in [1.29, 1.82) is 0 Å². The van der Waals surface area contributed by atoms with Crippen LogP contribution < -0.4 is 0 Å². The van der Waals surface area contributed by atoms with Crippen LogP contribution >= 0.6 is 0 Å². The van der Waals surface area contributed by atoms with E-state index in [2.05, 4.69) is 11.5 Å². The highest BCUT2D eigenvalue weighted by molar-refractivity contribution is 5.96. The van der Waals surface area contributed by atoms with Crippen LogP contribution in [0.1, 0.15) is 25.7 Å². The second kappa shape index (κ2) is 5.70. The summed E-state index contributed by atoms with van der Waals surface area (Å²) in [7, 11) is 3.96. The van der Waals surface area contributed by atoms with Gasteiger partial charge in [-0.05, 0) is 31.7 Å². The number of fused-ring (bicyclic) bond motifs is 1. The van der Waals surface area contributed by atoms with Gasteiger partial charge in [0.1, 0.15) is 0 Å². The van der Waals surface area contributed by atoms with Crippen molar-refractivity contribution in [2.24, 2.45) is 5.92 Å². The van der Waals surface area contributed by atoms with E-state index in [-0.39, 0.29) is 0 Å². The Balaban J connectivity index is 2.14. The third-order valence-electron chi connectivity index (χ3n) is 4.05. The Kier molecular flexibility index (Phi) is 4.23. The summed E-state index contributed by atoms with van der Waals surface area (Å²) in [4.78, 5) is 16.6. The summed E-state index contributed by atoms with van der Waals surface area (Å²) in [5.41, 5.74) is 0.997. The van der Waals surface area contributed by atoms with Crippen LogP contribution in [0.4, 0.5) is 0 Å². The fourth-order valence-corrected chi connectivity index (χ4v) is 3.28. The van der Waals surface area contributed by atoms with Crippen LogP contribution in [0, 0.1) is 5.92 Å². The number of rotatable bonds is 3. The third kappa shape index (κ3) is 2.83. The summed E-state index contributed by atoms with van der Waals surface area (Å²) < 4.78 is 0. The molecule has 0 amide bonds. The molecule has 18 heavy (non-hydrogen) atoms.